The number of thiazole rings is 1. The van der Waals surface area contributed by atoms with Crippen molar-refractivity contribution in [2.24, 2.45) is 0 Å². The lowest BCUT2D eigenvalue weighted by Gasteiger charge is -2.19. The van der Waals surface area contributed by atoms with Crippen LogP contribution >= 0.6 is 22.9 Å². The van der Waals surface area contributed by atoms with Crippen LogP contribution in [0.3, 0.4) is 0 Å². The Balaban J connectivity index is 1.92. The highest BCUT2D eigenvalue weighted by molar-refractivity contribution is 7.15. The lowest BCUT2D eigenvalue weighted by atomic mass is 10.3. The van der Waals surface area contributed by atoms with Gasteiger partial charge in [-0.15, -0.1) is 11.3 Å². The highest BCUT2D eigenvalue weighted by Gasteiger charge is 2.28. The van der Waals surface area contributed by atoms with E-state index < -0.39 is 0 Å². The Labute approximate surface area is 93.9 Å². The summed E-state index contributed by atoms with van der Waals surface area (Å²) in [4.78, 5) is 7.90. The van der Waals surface area contributed by atoms with E-state index in [4.69, 9.17) is 11.6 Å². The molecule has 0 spiro atoms. The number of rotatable bonds is 5. The number of hydrogen-bond donors (Lipinski definition) is 0. The first-order valence-corrected chi connectivity index (χ1v) is 6.33. The molecule has 78 valence electrons. The van der Waals surface area contributed by atoms with Crippen LogP contribution in [-0.2, 0) is 6.54 Å². The first-order chi connectivity index (χ1) is 6.79. The molecular weight excluding hydrogens is 216 g/mol. The van der Waals surface area contributed by atoms with Gasteiger partial charge in [-0.3, -0.25) is 4.90 Å². The van der Waals surface area contributed by atoms with Crippen LogP contribution in [-0.4, -0.2) is 22.5 Å². The van der Waals surface area contributed by atoms with E-state index in [1.807, 2.05) is 6.20 Å². The van der Waals surface area contributed by atoms with Crippen LogP contribution < -0.4 is 0 Å². The second-order valence-corrected chi connectivity index (χ2v) is 5.48. The van der Waals surface area contributed by atoms with Crippen molar-refractivity contribution in [3.05, 3.63) is 15.5 Å². The van der Waals surface area contributed by atoms with Gasteiger partial charge in [-0.1, -0.05) is 18.5 Å². The second-order valence-electron chi connectivity index (χ2n) is 3.78. The van der Waals surface area contributed by atoms with Gasteiger partial charge in [0.05, 0.1) is 0 Å². The molecule has 1 aliphatic carbocycles. The maximum absolute atomic E-state index is 5.81. The fraction of sp³-hybridized carbons (Fsp3) is 0.700. The molecule has 1 saturated carbocycles. The van der Waals surface area contributed by atoms with Crippen LogP contribution in [0.25, 0.3) is 0 Å². The molecule has 1 aromatic rings. The van der Waals surface area contributed by atoms with Crippen LogP contribution in [0.5, 0.6) is 0 Å². The predicted octanol–water partition coefficient (Wildman–Crippen LogP) is 3.17. The fourth-order valence-corrected chi connectivity index (χ4v) is 2.68. The summed E-state index contributed by atoms with van der Waals surface area (Å²) in [7, 11) is 0. The van der Waals surface area contributed by atoms with E-state index in [1.54, 1.807) is 11.3 Å². The van der Waals surface area contributed by atoms with Crippen molar-refractivity contribution in [2.75, 3.05) is 6.54 Å². The smallest absolute Gasteiger partial charge is 0.183 e. The summed E-state index contributed by atoms with van der Waals surface area (Å²) in [6.07, 6.45) is 5.86. The SMILES string of the molecule is CCCN(Cc1cnc(Cl)s1)C1CC1. The molecule has 1 aliphatic rings. The third-order valence-electron chi connectivity index (χ3n) is 2.46. The van der Waals surface area contributed by atoms with Crippen molar-refractivity contribution < 1.29 is 0 Å². The van der Waals surface area contributed by atoms with Crippen LogP contribution in [0, 0.1) is 0 Å². The fourth-order valence-electron chi connectivity index (χ4n) is 1.67. The molecule has 0 aliphatic heterocycles. The Hall–Kier alpha value is -0.120. The van der Waals surface area contributed by atoms with Crippen molar-refractivity contribution in [3.63, 3.8) is 0 Å². The summed E-state index contributed by atoms with van der Waals surface area (Å²) in [5.41, 5.74) is 0. The molecule has 2 nitrogen and oxygen atoms in total. The summed E-state index contributed by atoms with van der Waals surface area (Å²) in [5.74, 6) is 0. The third kappa shape index (κ3) is 2.69. The normalized spacial score (nSPS) is 16.5. The zero-order chi connectivity index (χ0) is 9.97. The van der Waals surface area contributed by atoms with Crippen molar-refractivity contribution in [1.29, 1.82) is 0 Å². The first-order valence-electron chi connectivity index (χ1n) is 5.14. The molecule has 0 bridgehead atoms. The topological polar surface area (TPSA) is 16.1 Å². The van der Waals surface area contributed by atoms with Gasteiger partial charge in [0.25, 0.3) is 0 Å². The third-order valence-corrected chi connectivity index (χ3v) is 3.56. The predicted molar refractivity (Wildman–Crippen MR) is 60.8 cm³/mol. The van der Waals surface area contributed by atoms with Crippen molar-refractivity contribution in [1.82, 2.24) is 9.88 Å². The standard InChI is InChI=1S/C10H15ClN2S/c1-2-5-13(8-3-4-8)7-9-6-12-10(11)14-9/h6,8H,2-5,7H2,1H3. The van der Waals surface area contributed by atoms with Gasteiger partial charge in [-0.25, -0.2) is 4.98 Å². The highest BCUT2D eigenvalue weighted by Crippen LogP contribution is 2.29. The van der Waals surface area contributed by atoms with E-state index >= 15 is 0 Å². The van der Waals surface area contributed by atoms with Crippen LogP contribution in [0.1, 0.15) is 31.1 Å². The zero-order valence-corrected chi connectivity index (χ0v) is 9.94. The van der Waals surface area contributed by atoms with Gasteiger partial charge in [-0.2, -0.15) is 0 Å². The van der Waals surface area contributed by atoms with Gasteiger partial charge < -0.3 is 0 Å². The minimum absolute atomic E-state index is 0.659. The van der Waals surface area contributed by atoms with Crippen molar-refractivity contribution in [3.8, 4) is 0 Å². The second kappa shape index (κ2) is 4.60. The number of aromatic nitrogens is 1. The molecule has 0 amide bonds. The maximum atomic E-state index is 5.81. The van der Waals surface area contributed by atoms with Gasteiger partial charge in [-0.05, 0) is 25.8 Å². The summed E-state index contributed by atoms with van der Waals surface area (Å²) >= 11 is 7.40. The average molecular weight is 231 g/mol. The van der Waals surface area contributed by atoms with Crippen molar-refractivity contribution in [2.45, 2.75) is 38.8 Å². The molecular formula is C10H15ClN2S. The molecule has 0 atom stereocenters. The molecule has 4 heteroatoms. The summed E-state index contributed by atoms with van der Waals surface area (Å²) < 4.78 is 0.659. The maximum Gasteiger partial charge on any atom is 0.183 e. The van der Waals surface area contributed by atoms with Crippen LogP contribution in [0.2, 0.25) is 4.47 Å². The van der Waals surface area contributed by atoms with Gasteiger partial charge in [0.15, 0.2) is 4.47 Å². The monoisotopic (exact) mass is 230 g/mol. The zero-order valence-electron chi connectivity index (χ0n) is 8.37. The molecule has 0 unspecified atom stereocenters. The Bertz CT molecular complexity index is 296. The van der Waals surface area contributed by atoms with Crippen LogP contribution in [0.4, 0.5) is 0 Å². The molecule has 14 heavy (non-hydrogen) atoms. The molecule has 0 radical (unpaired) electrons. The van der Waals surface area contributed by atoms with Gasteiger partial charge in [0.1, 0.15) is 0 Å². The van der Waals surface area contributed by atoms with Gasteiger partial charge in [0.2, 0.25) is 0 Å². The van der Waals surface area contributed by atoms with Gasteiger partial charge >= 0.3 is 0 Å². The van der Waals surface area contributed by atoms with E-state index in [0.717, 1.165) is 12.6 Å². The number of halogens is 1. The molecule has 0 saturated heterocycles. The van der Waals surface area contributed by atoms with E-state index in [0.29, 0.717) is 4.47 Å². The molecule has 1 fully saturated rings. The number of nitrogens with zero attached hydrogens (tertiary/aromatic N) is 2. The Kier molecular flexibility index (Phi) is 3.42. The van der Waals surface area contributed by atoms with E-state index in [-0.39, 0.29) is 0 Å². The largest absolute Gasteiger partial charge is 0.295 e. The molecule has 1 heterocycles. The van der Waals surface area contributed by atoms with E-state index in [1.165, 1.54) is 30.7 Å². The number of hydrogen-bond acceptors (Lipinski definition) is 3. The Morgan fingerprint density at radius 2 is 2.43 bits per heavy atom. The minimum atomic E-state index is 0.659. The van der Waals surface area contributed by atoms with E-state index in [9.17, 15) is 0 Å². The Morgan fingerprint density at radius 1 is 1.64 bits per heavy atom. The van der Waals surface area contributed by atoms with Crippen molar-refractivity contribution >= 4 is 22.9 Å². The average Bonchev–Trinajstić information content (AvgIpc) is 2.91. The van der Waals surface area contributed by atoms with E-state index in [2.05, 4.69) is 16.8 Å². The lowest BCUT2D eigenvalue weighted by Crippen LogP contribution is -2.25. The first kappa shape index (κ1) is 10.4. The molecule has 0 N–H and O–H groups in total. The molecule has 1 aromatic heterocycles. The van der Waals surface area contributed by atoms with Gasteiger partial charge in [0, 0.05) is 23.7 Å². The lowest BCUT2D eigenvalue weighted by molar-refractivity contribution is 0.257. The Morgan fingerprint density at radius 3 is 2.93 bits per heavy atom. The molecule has 2 rings (SSSR count). The van der Waals surface area contributed by atoms with Crippen LogP contribution in [0.15, 0.2) is 6.20 Å². The molecule has 0 aromatic carbocycles. The minimum Gasteiger partial charge on any atom is -0.295 e. The quantitative estimate of drug-likeness (QED) is 0.773. The summed E-state index contributed by atoms with van der Waals surface area (Å²) in [6.45, 7) is 4.46. The summed E-state index contributed by atoms with van der Waals surface area (Å²) in [5, 5.41) is 0. The highest BCUT2D eigenvalue weighted by atomic mass is 35.5. The summed E-state index contributed by atoms with van der Waals surface area (Å²) in [6, 6.07) is 0.829.